The zero-order valence-electron chi connectivity index (χ0n) is 13.3. The van der Waals surface area contributed by atoms with Crippen LogP contribution in [0.3, 0.4) is 0 Å². The minimum absolute atomic E-state index is 0.0998. The molecule has 0 fully saturated rings. The first kappa shape index (κ1) is 16.8. The van der Waals surface area contributed by atoms with Crippen LogP contribution in [0.1, 0.15) is 5.76 Å². The Labute approximate surface area is 149 Å². The van der Waals surface area contributed by atoms with Gasteiger partial charge < -0.3 is 20.8 Å². The second kappa shape index (κ2) is 7.71. The number of nitrogens with two attached hydrogens (primary N) is 2. The van der Waals surface area contributed by atoms with Gasteiger partial charge in [-0.1, -0.05) is 30.0 Å². The van der Waals surface area contributed by atoms with Gasteiger partial charge in [-0.15, -0.1) is 0 Å². The Balaban J connectivity index is 1.74. The second-order valence-electron chi connectivity index (χ2n) is 5.18. The summed E-state index contributed by atoms with van der Waals surface area (Å²) in [7, 11) is 0. The molecule has 0 unspecified atom stereocenters. The van der Waals surface area contributed by atoms with Gasteiger partial charge in [-0.2, -0.15) is 0 Å². The minimum Gasteiger partial charge on any atom is -0.467 e. The number of aromatic nitrogens is 2. The van der Waals surface area contributed by atoms with E-state index < -0.39 is 0 Å². The number of amides is 1. The highest BCUT2D eigenvalue weighted by molar-refractivity contribution is 7.99. The lowest BCUT2D eigenvalue weighted by atomic mass is 10.2. The second-order valence-corrected chi connectivity index (χ2v) is 6.13. The van der Waals surface area contributed by atoms with E-state index in [9.17, 15) is 4.79 Å². The number of carbonyl (C=O) groups excluding carboxylic acids is 1. The van der Waals surface area contributed by atoms with Crippen LogP contribution in [0, 0.1) is 0 Å². The standard InChI is InChI=1S/C17H17N5O2S/c18-14-9-15(19)21-17(20-14)25-11-16(23)22(10-13-7-4-8-24-13)12-5-2-1-3-6-12/h1-9H,10-11H2,(H4,18,19,20,21). The highest BCUT2D eigenvalue weighted by Gasteiger charge is 2.18. The molecule has 2 heterocycles. The van der Waals surface area contributed by atoms with Gasteiger partial charge in [0.05, 0.1) is 18.6 Å². The average molecular weight is 355 g/mol. The fourth-order valence-corrected chi connectivity index (χ4v) is 2.97. The third kappa shape index (κ3) is 4.51. The van der Waals surface area contributed by atoms with E-state index in [1.54, 1.807) is 17.2 Å². The van der Waals surface area contributed by atoms with Crippen LogP contribution in [0.2, 0.25) is 0 Å². The zero-order valence-corrected chi connectivity index (χ0v) is 14.1. The molecule has 25 heavy (non-hydrogen) atoms. The molecule has 128 valence electrons. The van der Waals surface area contributed by atoms with Crippen molar-refractivity contribution in [2.45, 2.75) is 11.7 Å². The van der Waals surface area contributed by atoms with Crippen LogP contribution in [0.25, 0.3) is 0 Å². The van der Waals surface area contributed by atoms with E-state index in [0.29, 0.717) is 17.5 Å². The topological polar surface area (TPSA) is 111 Å². The number of thioether (sulfide) groups is 1. The van der Waals surface area contributed by atoms with Gasteiger partial charge in [0.2, 0.25) is 5.91 Å². The fourth-order valence-electron chi connectivity index (χ4n) is 2.22. The largest absolute Gasteiger partial charge is 0.467 e. The molecular formula is C17H17N5O2S. The van der Waals surface area contributed by atoms with Crippen molar-refractivity contribution in [2.24, 2.45) is 0 Å². The Bertz CT molecular complexity index is 819. The van der Waals surface area contributed by atoms with E-state index in [-0.39, 0.29) is 23.3 Å². The van der Waals surface area contributed by atoms with Gasteiger partial charge in [0.15, 0.2) is 5.16 Å². The molecule has 8 heteroatoms. The van der Waals surface area contributed by atoms with Crippen LogP contribution in [-0.4, -0.2) is 21.6 Å². The number of hydrogen-bond donors (Lipinski definition) is 2. The summed E-state index contributed by atoms with van der Waals surface area (Å²) in [6.45, 7) is 0.344. The molecule has 3 rings (SSSR count). The van der Waals surface area contributed by atoms with Crippen molar-refractivity contribution in [1.29, 1.82) is 0 Å². The van der Waals surface area contributed by atoms with Gasteiger partial charge in [0.1, 0.15) is 17.4 Å². The number of nitrogens with zero attached hydrogens (tertiary/aromatic N) is 3. The van der Waals surface area contributed by atoms with Crippen molar-refractivity contribution in [3.05, 3.63) is 60.6 Å². The molecule has 0 radical (unpaired) electrons. The summed E-state index contributed by atoms with van der Waals surface area (Å²) < 4.78 is 5.37. The van der Waals surface area contributed by atoms with Gasteiger partial charge in [-0.25, -0.2) is 9.97 Å². The first-order valence-electron chi connectivity index (χ1n) is 7.52. The SMILES string of the molecule is Nc1cc(N)nc(SCC(=O)N(Cc2ccco2)c2ccccc2)n1. The predicted octanol–water partition coefficient (Wildman–Crippen LogP) is 2.56. The third-order valence-corrected chi connectivity index (χ3v) is 4.17. The molecule has 1 amide bonds. The molecular weight excluding hydrogens is 338 g/mol. The Morgan fingerprint density at radius 2 is 1.80 bits per heavy atom. The van der Waals surface area contributed by atoms with E-state index in [1.165, 1.54) is 17.8 Å². The van der Waals surface area contributed by atoms with Gasteiger partial charge >= 0.3 is 0 Å². The number of hydrogen-bond acceptors (Lipinski definition) is 7. The molecule has 4 N–H and O–H groups in total. The summed E-state index contributed by atoms with van der Waals surface area (Å²) >= 11 is 1.19. The molecule has 0 saturated heterocycles. The Morgan fingerprint density at radius 1 is 1.08 bits per heavy atom. The van der Waals surface area contributed by atoms with Crippen molar-refractivity contribution < 1.29 is 9.21 Å². The molecule has 0 atom stereocenters. The van der Waals surface area contributed by atoms with Crippen LogP contribution in [0.15, 0.2) is 64.4 Å². The number of benzene rings is 1. The van der Waals surface area contributed by atoms with Crippen molar-refractivity contribution >= 4 is 35.0 Å². The maximum absolute atomic E-state index is 12.8. The molecule has 0 aliphatic carbocycles. The van der Waals surface area contributed by atoms with Gasteiger partial charge in [0.25, 0.3) is 0 Å². The van der Waals surface area contributed by atoms with Crippen molar-refractivity contribution in [2.75, 3.05) is 22.1 Å². The molecule has 3 aromatic rings. The number of carbonyl (C=O) groups is 1. The molecule has 0 saturated carbocycles. The summed E-state index contributed by atoms with van der Waals surface area (Å²) in [5.74, 6) is 1.30. The van der Waals surface area contributed by atoms with E-state index >= 15 is 0 Å². The lowest BCUT2D eigenvalue weighted by Crippen LogP contribution is -2.31. The highest BCUT2D eigenvalue weighted by Crippen LogP contribution is 2.21. The van der Waals surface area contributed by atoms with E-state index in [2.05, 4.69) is 9.97 Å². The molecule has 2 aromatic heterocycles. The van der Waals surface area contributed by atoms with E-state index in [1.807, 2.05) is 36.4 Å². The summed E-state index contributed by atoms with van der Waals surface area (Å²) in [4.78, 5) is 22.6. The maximum Gasteiger partial charge on any atom is 0.237 e. The minimum atomic E-state index is -0.0998. The summed E-state index contributed by atoms with van der Waals surface area (Å²) in [6, 6.07) is 14.5. The van der Waals surface area contributed by atoms with Crippen LogP contribution in [-0.2, 0) is 11.3 Å². The van der Waals surface area contributed by atoms with Crippen molar-refractivity contribution in [3.8, 4) is 0 Å². The Kier molecular flexibility index (Phi) is 5.20. The zero-order chi connectivity index (χ0) is 17.6. The molecule has 0 aliphatic heterocycles. The van der Waals surface area contributed by atoms with Crippen LogP contribution in [0.4, 0.5) is 17.3 Å². The quantitative estimate of drug-likeness (QED) is 0.516. The molecule has 0 aliphatic rings. The smallest absolute Gasteiger partial charge is 0.237 e. The molecule has 1 aromatic carbocycles. The molecule has 7 nitrogen and oxygen atoms in total. The normalized spacial score (nSPS) is 10.6. The molecule has 0 bridgehead atoms. The Hall–Kier alpha value is -3.00. The predicted molar refractivity (Wildman–Crippen MR) is 97.9 cm³/mol. The summed E-state index contributed by atoms with van der Waals surface area (Å²) in [5.41, 5.74) is 12.1. The lowest BCUT2D eigenvalue weighted by Gasteiger charge is -2.21. The maximum atomic E-state index is 12.8. The van der Waals surface area contributed by atoms with Crippen LogP contribution >= 0.6 is 11.8 Å². The number of nitrogen functional groups attached to an aromatic ring is 2. The number of rotatable bonds is 6. The van der Waals surface area contributed by atoms with Gasteiger partial charge in [-0.05, 0) is 24.3 Å². The van der Waals surface area contributed by atoms with E-state index in [0.717, 1.165) is 5.69 Å². The molecule has 0 spiro atoms. The van der Waals surface area contributed by atoms with Gasteiger partial charge in [-0.3, -0.25) is 4.79 Å². The van der Waals surface area contributed by atoms with E-state index in [4.69, 9.17) is 15.9 Å². The monoisotopic (exact) mass is 355 g/mol. The highest BCUT2D eigenvalue weighted by atomic mass is 32.2. The van der Waals surface area contributed by atoms with Crippen molar-refractivity contribution in [1.82, 2.24) is 9.97 Å². The lowest BCUT2D eigenvalue weighted by molar-refractivity contribution is -0.116. The number of anilines is 3. The fraction of sp³-hybridized carbons (Fsp3) is 0.118. The first-order chi connectivity index (χ1) is 12.1. The van der Waals surface area contributed by atoms with Crippen LogP contribution < -0.4 is 16.4 Å². The summed E-state index contributed by atoms with van der Waals surface area (Å²) in [6.07, 6.45) is 1.58. The Morgan fingerprint density at radius 3 is 2.44 bits per heavy atom. The number of furan rings is 1. The van der Waals surface area contributed by atoms with Crippen molar-refractivity contribution in [3.63, 3.8) is 0 Å². The van der Waals surface area contributed by atoms with Crippen LogP contribution in [0.5, 0.6) is 0 Å². The first-order valence-corrected chi connectivity index (χ1v) is 8.51. The van der Waals surface area contributed by atoms with Gasteiger partial charge in [0, 0.05) is 11.8 Å². The summed E-state index contributed by atoms with van der Waals surface area (Å²) in [5, 5.41) is 0.372. The number of para-hydroxylation sites is 1. The third-order valence-electron chi connectivity index (χ3n) is 3.33. The average Bonchev–Trinajstić information content (AvgIpc) is 3.11.